The molecular weight excluding hydrogens is 416 g/mol. The maximum absolute atomic E-state index is 12.5. The number of para-hydroxylation sites is 1. The van der Waals surface area contributed by atoms with Gasteiger partial charge in [0.05, 0.1) is 16.6 Å². The molecule has 0 aliphatic carbocycles. The first-order valence-electron chi connectivity index (χ1n) is 11.2. The molecule has 0 bridgehead atoms. The minimum atomic E-state index is 0.0878. The molecule has 0 spiro atoms. The predicted molar refractivity (Wildman–Crippen MR) is 134 cm³/mol. The van der Waals surface area contributed by atoms with Gasteiger partial charge in [0.15, 0.2) is 5.13 Å². The molecule has 0 saturated carbocycles. The van der Waals surface area contributed by atoms with Crippen LogP contribution >= 0.6 is 11.3 Å². The van der Waals surface area contributed by atoms with Crippen LogP contribution in [0.1, 0.15) is 11.1 Å². The average Bonchev–Trinajstić information content (AvgIpc) is 3.26. The van der Waals surface area contributed by atoms with Crippen LogP contribution < -0.4 is 10.2 Å². The van der Waals surface area contributed by atoms with Gasteiger partial charge in [-0.15, -0.1) is 0 Å². The molecule has 0 atom stereocenters. The van der Waals surface area contributed by atoms with Crippen LogP contribution in [0.15, 0.2) is 60.7 Å². The van der Waals surface area contributed by atoms with Gasteiger partial charge in [-0.2, -0.15) is 0 Å². The van der Waals surface area contributed by atoms with E-state index in [9.17, 15) is 4.79 Å². The van der Waals surface area contributed by atoms with Crippen molar-refractivity contribution in [2.24, 2.45) is 0 Å². The van der Waals surface area contributed by atoms with E-state index in [0.717, 1.165) is 54.3 Å². The topological polar surface area (TPSA) is 48.5 Å². The number of hydrogen-bond donors (Lipinski definition) is 1. The highest BCUT2D eigenvalue weighted by atomic mass is 32.1. The van der Waals surface area contributed by atoms with Gasteiger partial charge in [-0.05, 0) is 34.9 Å². The van der Waals surface area contributed by atoms with Crippen LogP contribution in [-0.4, -0.2) is 55.1 Å². The van der Waals surface area contributed by atoms with Crippen LogP contribution in [0.3, 0.4) is 0 Å². The Bertz CT molecular complexity index is 1240. The molecule has 1 fully saturated rings. The van der Waals surface area contributed by atoms with Gasteiger partial charge in [-0.1, -0.05) is 65.9 Å². The van der Waals surface area contributed by atoms with Crippen LogP contribution in [0.4, 0.5) is 5.13 Å². The molecule has 1 amide bonds. The maximum atomic E-state index is 12.5. The molecule has 4 aromatic rings. The monoisotopic (exact) mass is 444 g/mol. The van der Waals surface area contributed by atoms with E-state index in [0.29, 0.717) is 13.0 Å². The van der Waals surface area contributed by atoms with E-state index < -0.39 is 0 Å². The van der Waals surface area contributed by atoms with Gasteiger partial charge in [-0.3, -0.25) is 9.69 Å². The van der Waals surface area contributed by atoms with Gasteiger partial charge in [-0.25, -0.2) is 4.98 Å². The summed E-state index contributed by atoms with van der Waals surface area (Å²) in [5, 5.41) is 6.57. The average molecular weight is 445 g/mol. The SMILES string of the molecule is Cc1cccc2sc(N3CCN(CCNC(=O)Cc4cccc5ccccc45)CC3)nc12. The summed E-state index contributed by atoms with van der Waals surface area (Å²) in [5.74, 6) is 0.0878. The van der Waals surface area contributed by atoms with Crippen molar-refractivity contribution >= 4 is 43.4 Å². The molecule has 1 saturated heterocycles. The molecule has 3 aromatic carbocycles. The zero-order valence-corrected chi connectivity index (χ0v) is 19.2. The van der Waals surface area contributed by atoms with Crippen LogP contribution in [0.25, 0.3) is 21.0 Å². The van der Waals surface area contributed by atoms with Crippen molar-refractivity contribution in [2.45, 2.75) is 13.3 Å². The van der Waals surface area contributed by atoms with Crippen LogP contribution in [0, 0.1) is 6.92 Å². The second kappa shape index (κ2) is 9.27. The Kier molecular flexibility index (Phi) is 6.06. The van der Waals surface area contributed by atoms with Gasteiger partial charge in [0.1, 0.15) is 0 Å². The number of benzene rings is 3. The van der Waals surface area contributed by atoms with E-state index in [4.69, 9.17) is 4.98 Å². The number of amides is 1. The molecule has 5 rings (SSSR count). The molecule has 0 radical (unpaired) electrons. The Labute approximate surface area is 192 Å². The number of fused-ring (bicyclic) bond motifs is 2. The van der Waals surface area contributed by atoms with Gasteiger partial charge >= 0.3 is 0 Å². The normalized spacial score (nSPS) is 14.8. The summed E-state index contributed by atoms with van der Waals surface area (Å²) in [6, 6.07) is 20.8. The third kappa shape index (κ3) is 4.47. The number of thiazole rings is 1. The third-order valence-electron chi connectivity index (χ3n) is 6.23. The largest absolute Gasteiger partial charge is 0.355 e. The summed E-state index contributed by atoms with van der Waals surface area (Å²) in [7, 11) is 0. The Hall–Kier alpha value is -2.96. The van der Waals surface area contributed by atoms with Gasteiger partial charge in [0.2, 0.25) is 5.91 Å². The predicted octanol–water partition coefficient (Wildman–Crippen LogP) is 4.24. The van der Waals surface area contributed by atoms with E-state index >= 15 is 0 Å². The summed E-state index contributed by atoms with van der Waals surface area (Å²) in [6.45, 7) is 7.63. The number of aryl methyl sites for hydroxylation is 1. The minimum absolute atomic E-state index is 0.0878. The van der Waals surface area contributed by atoms with Crippen LogP contribution in [0.5, 0.6) is 0 Å². The van der Waals surface area contributed by atoms with E-state index in [1.54, 1.807) is 11.3 Å². The Morgan fingerprint density at radius 2 is 1.78 bits per heavy atom. The molecule has 32 heavy (non-hydrogen) atoms. The van der Waals surface area contributed by atoms with E-state index in [1.807, 2.05) is 24.3 Å². The first-order valence-corrected chi connectivity index (χ1v) is 12.1. The molecule has 1 aliphatic rings. The number of carbonyl (C=O) groups is 1. The lowest BCUT2D eigenvalue weighted by molar-refractivity contribution is -0.120. The van der Waals surface area contributed by atoms with E-state index in [2.05, 4.69) is 58.4 Å². The molecular formula is C26H28N4OS. The van der Waals surface area contributed by atoms with E-state index in [-0.39, 0.29) is 5.91 Å². The van der Waals surface area contributed by atoms with Gasteiger partial charge in [0, 0.05) is 39.3 Å². The molecule has 1 aliphatic heterocycles. The van der Waals surface area contributed by atoms with Crippen molar-refractivity contribution in [3.05, 3.63) is 71.8 Å². The number of hydrogen-bond acceptors (Lipinski definition) is 5. The minimum Gasteiger partial charge on any atom is -0.355 e. The summed E-state index contributed by atoms with van der Waals surface area (Å²) >= 11 is 1.78. The van der Waals surface area contributed by atoms with Crippen LogP contribution in [0.2, 0.25) is 0 Å². The second-order valence-corrected chi connectivity index (χ2v) is 9.42. The first kappa shape index (κ1) is 20.9. The Balaban J connectivity index is 1.09. The first-order chi connectivity index (χ1) is 15.7. The van der Waals surface area contributed by atoms with Crippen molar-refractivity contribution in [2.75, 3.05) is 44.2 Å². The molecule has 6 heteroatoms. The molecule has 164 valence electrons. The molecule has 5 nitrogen and oxygen atoms in total. The Morgan fingerprint density at radius 1 is 1.00 bits per heavy atom. The van der Waals surface area contributed by atoms with Crippen molar-refractivity contribution in [3.63, 3.8) is 0 Å². The Morgan fingerprint density at radius 3 is 2.62 bits per heavy atom. The number of anilines is 1. The molecule has 0 unspecified atom stereocenters. The van der Waals surface area contributed by atoms with Crippen molar-refractivity contribution in [1.82, 2.24) is 15.2 Å². The summed E-state index contributed by atoms with van der Waals surface area (Å²) in [6.07, 6.45) is 0.423. The van der Waals surface area contributed by atoms with Crippen molar-refractivity contribution < 1.29 is 4.79 Å². The molecule has 1 N–H and O–H groups in total. The lowest BCUT2D eigenvalue weighted by Gasteiger charge is -2.34. The number of carbonyl (C=O) groups excluding carboxylic acids is 1. The van der Waals surface area contributed by atoms with Gasteiger partial charge < -0.3 is 10.2 Å². The molecule has 1 aromatic heterocycles. The highest BCUT2D eigenvalue weighted by molar-refractivity contribution is 7.22. The third-order valence-corrected chi connectivity index (χ3v) is 7.31. The lowest BCUT2D eigenvalue weighted by atomic mass is 10.0. The smallest absolute Gasteiger partial charge is 0.224 e. The lowest BCUT2D eigenvalue weighted by Crippen LogP contribution is -2.48. The maximum Gasteiger partial charge on any atom is 0.224 e. The van der Waals surface area contributed by atoms with Gasteiger partial charge in [0.25, 0.3) is 0 Å². The number of nitrogens with one attached hydrogen (secondary N) is 1. The second-order valence-electron chi connectivity index (χ2n) is 8.41. The highest BCUT2D eigenvalue weighted by Gasteiger charge is 2.20. The quantitative estimate of drug-likeness (QED) is 0.483. The van der Waals surface area contributed by atoms with Crippen molar-refractivity contribution in [3.8, 4) is 0 Å². The number of rotatable bonds is 6. The number of nitrogens with zero attached hydrogens (tertiary/aromatic N) is 3. The van der Waals surface area contributed by atoms with Crippen LogP contribution in [-0.2, 0) is 11.2 Å². The standard InChI is InChI=1S/C26H28N4OS/c1-19-6-4-11-23-25(19)28-26(32-23)30-16-14-29(15-17-30)13-12-27-24(31)18-21-9-5-8-20-7-2-3-10-22(20)21/h2-11H,12-18H2,1H3,(H,27,31). The fourth-order valence-corrected chi connectivity index (χ4v) is 5.50. The highest BCUT2D eigenvalue weighted by Crippen LogP contribution is 2.31. The summed E-state index contributed by atoms with van der Waals surface area (Å²) < 4.78 is 1.26. The van der Waals surface area contributed by atoms with E-state index in [1.165, 1.54) is 15.6 Å². The number of aromatic nitrogens is 1. The zero-order chi connectivity index (χ0) is 21.9. The zero-order valence-electron chi connectivity index (χ0n) is 18.4. The number of piperazine rings is 1. The summed E-state index contributed by atoms with van der Waals surface area (Å²) in [5.41, 5.74) is 3.45. The fraction of sp³-hybridized carbons (Fsp3) is 0.308. The fourth-order valence-electron chi connectivity index (χ4n) is 4.41. The van der Waals surface area contributed by atoms with Crippen molar-refractivity contribution in [1.29, 1.82) is 0 Å². The molecule has 2 heterocycles. The summed E-state index contributed by atoms with van der Waals surface area (Å²) in [4.78, 5) is 22.2.